The SMILES string of the molecule is Cc1cccc(-c2ccc(C34C=CCN(CC3)C4)cn2)c1. The first-order valence-electron chi connectivity index (χ1n) is 7.69. The molecule has 0 amide bonds. The maximum absolute atomic E-state index is 4.72. The van der Waals surface area contributed by atoms with E-state index < -0.39 is 0 Å². The summed E-state index contributed by atoms with van der Waals surface area (Å²) >= 11 is 0. The fraction of sp³-hybridized carbons (Fsp3) is 0.316. The highest BCUT2D eigenvalue weighted by Crippen LogP contribution is 2.38. The van der Waals surface area contributed by atoms with Gasteiger partial charge in [0.1, 0.15) is 0 Å². The molecule has 2 unspecified atom stereocenters. The van der Waals surface area contributed by atoms with Gasteiger partial charge in [0.05, 0.1) is 5.69 Å². The lowest BCUT2D eigenvalue weighted by Gasteiger charge is -2.29. The van der Waals surface area contributed by atoms with Crippen molar-refractivity contribution >= 4 is 0 Å². The van der Waals surface area contributed by atoms with E-state index in [-0.39, 0.29) is 5.41 Å². The van der Waals surface area contributed by atoms with Crippen molar-refractivity contribution in [3.05, 3.63) is 65.9 Å². The van der Waals surface area contributed by atoms with Crippen LogP contribution < -0.4 is 0 Å². The van der Waals surface area contributed by atoms with E-state index in [1.807, 2.05) is 0 Å². The molecule has 21 heavy (non-hydrogen) atoms. The molecule has 0 spiro atoms. The van der Waals surface area contributed by atoms with E-state index in [0.29, 0.717) is 0 Å². The van der Waals surface area contributed by atoms with Gasteiger partial charge in [-0.05, 0) is 37.6 Å². The standard InChI is InChI=1S/C19H20N2/c1-15-4-2-5-16(12-15)18-7-6-17(13-20-18)19-8-3-10-21(14-19)11-9-19/h2-8,12-13H,9-11,14H2,1H3. The molecule has 4 rings (SSSR count). The zero-order valence-corrected chi connectivity index (χ0v) is 12.4. The Morgan fingerprint density at radius 3 is 2.95 bits per heavy atom. The van der Waals surface area contributed by atoms with Crippen LogP contribution in [0.1, 0.15) is 17.5 Å². The number of aryl methyl sites for hydroxylation is 1. The summed E-state index contributed by atoms with van der Waals surface area (Å²) in [4.78, 5) is 7.25. The molecule has 1 aromatic carbocycles. The highest BCUT2D eigenvalue weighted by atomic mass is 15.2. The Hall–Kier alpha value is -1.93. The molecular formula is C19H20N2. The quantitative estimate of drug-likeness (QED) is 0.780. The van der Waals surface area contributed by atoms with Gasteiger partial charge in [0.25, 0.3) is 0 Å². The minimum Gasteiger partial charge on any atom is -0.298 e. The van der Waals surface area contributed by atoms with Crippen LogP contribution in [0.5, 0.6) is 0 Å². The largest absolute Gasteiger partial charge is 0.298 e. The van der Waals surface area contributed by atoms with Crippen molar-refractivity contribution in [2.24, 2.45) is 0 Å². The first-order valence-corrected chi connectivity index (χ1v) is 7.69. The fourth-order valence-electron chi connectivity index (χ4n) is 3.63. The first-order chi connectivity index (χ1) is 10.3. The van der Waals surface area contributed by atoms with E-state index in [4.69, 9.17) is 4.98 Å². The van der Waals surface area contributed by atoms with E-state index in [1.54, 1.807) is 0 Å². The van der Waals surface area contributed by atoms with E-state index in [2.05, 4.69) is 66.6 Å². The third kappa shape index (κ3) is 2.20. The van der Waals surface area contributed by atoms with Crippen molar-refractivity contribution in [1.82, 2.24) is 9.88 Å². The Balaban J connectivity index is 1.68. The van der Waals surface area contributed by atoms with Gasteiger partial charge in [-0.3, -0.25) is 9.88 Å². The van der Waals surface area contributed by atoms with Gasteiger partial charge >= 0.3 is 0 Å². The average Bonchev–Trinajstić information content (AvgIpc) is 2.83. The summed E-state index contributed by atoms with van der Waals surface area (Å²) in [5, 5.41) is 0. The van der Waals surface area contributed by atoms with Crippen LogP contribution in [0.3, 0.4) is 0 Å². The smallest absolute Gasteiger partial charge is 0.0702 e. The van der Waals surface area contributed by atoms with Crippen LogP contribution in [0, 0.1) is 6.92 Å². The van der Waals surface area contributed by atoms with Crippen LogP contribution in [-0.4, -0.2) is 29.5 Å². The molecule has 1 aromatic heterocycles. The van der Waals surface area contributed by atoms with Gasteiger partial charge in [-0.1, -0.05) is 42.0 Å². The summed E-state index contributed by atoms with van der Waals surface area (Å²) in [5.41, 5.74) is 5.10. The molecule has 1 saturated heterocycles. The number of nitrogens with zero attached hydrogens (tertiary/aromatic N) is 2. The van der Waals surface area contributed by atoms with Crippen LogP contribution in [-0.2, 0) is 5.41 Å². The molecule has 106 valence electrons. The highest BCUT2D eigenvalue weighted by molar-refractivity contribution is 5.60. The van der Waals surface area contributed by atoms with Crippen molar-refractivity contribution in [3.8, 4) is 11.3 Å². The van der Waals surface area contributed by atoms with Gasteiger partial charge in [0, 0.05) is 30.3 Å². The second-order valence-electron chi connectivity index (χ2n) is 6.35. The predicted molar refractivity (Wildman–Crippen MR) is 86.3 cm³/mol. The topological polar surface area (TPSA) is 16.1 Å². The van der Waals surface area contributed by atoms with Crippen LogP contribution in [0.2, 0.25) is 0 Å². The maximum atomic E-state index is 4.72. The van der Waals surface area contributed by atoms with E-state index in [0.717, 1.165) is 18.8 Å². The van der Waals surface area contributed by atoms with Gasteiger partial charge in [-0.25, -0.2) is 0 Å². The molecule has 2 aliphatic heterocycles. The van der Waals surface area contributed by atoms with Crippen molar-refractivity contribution in [3.63, 3.8) is 0 Å². The Morgan fingerprint density at radius 2 is 2.14 bits per heavy atom. The zero-order chi connectivity index (χ0) is 14.3. The summed E-state index contributed by atoms with van der Waals surface area (Å²) in [7, 11) is 0. The van der Waals surface area contributed by atoms with Gasteiger partial charge in [-0.15, -0.1) is 0 Å². The zero-order valence-electron chi connectivity index (χ0n) is 12.4. The molecule has 0 aliphatic carbocycles. The van der Waals surface area contributed by atoms with Crippen molar-refractivity contribution in [2.45, 2.75) is 18.8 Å². The second kappa shape index (κ2) is 4.81. The summed E-state index contributed by atoms with van der Waals surface area (Å²) < 4.78 is 0. The molecular weight excluding hydrogens is 256 g/mol. The third-order valence-electron chi connectivity index (χ3n) is 4.83. The van der Waals surface area contributed by atoms with Gasteiger partial charge < -0.3 is 0 Å². The van der Waals surface area contributed by atoms with Gasteiger partial charge in [0.15, 0.2) is 0 Å². The van der Waals surface area contributed by atoms with Crippen molar-refractivity contribution in [2.75, 3.05) is 19.6 Å². The van der Waals surface area contributed by atoms with Gasteiger partial charge in [-0.2, -0.15) is 0 Å². The Labute approximate surface area is 126 Å². The third-order valence-corrected chi connectivity index (χ3v) is 4.83. The van der Waals surface area contributed by atoms with Crippen LogP contribution in [0.25, 0.3) is 11.3 Å². The summed E-state index contributed by atoms with van der Waals surface area (Å²) in [6.45, 7) is 5.58. The highest BCUT2D eigenvalue weighted by Gasteiger charge is 2.39. The fourth-order valence-corrected chi connectivity index (χ4v) is 3.63. The molecule has 2 aliphatic rings. The number of fused-ring (bicyclic) bond motifs is 2. The number of hydrogen-bond acceptors (Lipinski definition) is 2. The molecule has 2 heteroatoms. The minimum atomic E-state index is 0.205. The Kier molecular flexibility index (Phi) is 2.93. The first kappa shape index (κ1) is 12.8. The summed E-state index contributed by atoms with van der Waals surface area (Å²) in [6, 6.07) is 13.0. The normalized spacial score (nSPS) is 27.0. The maximum Gasteiger partial charge on any atom is 0.0702 e. The summed E-state index contributed by atoms with van der Waals surface area (Å²) in [5.74, 6) is 0. The van der Waals surface area contributed by atoms with Crippen LogP contribution >= 0.6 is 0 Å². The van der Waals surface area contributed by atoms with E-state index in [9.17, 15) is 0 Å². The lowest BCUT2D eigenvalue weighted by atomic mass is 9.79. The number of rotatable bonds is 2. The van der Waals surface area contributed by atoms with Crippen molar-refractivity contribution < 1.29 is 0 Å². The monoisotopic (exact) mass is 276 g/mol. The molecule has 2 aromatic rings. The minimum absolute atomic E-state index is 0.205. The number of pyridine rings is 1. The molecule has 0 saturated carbocycles. The van der Waals surface area contributed by atoms with E-state index in [1.165, 1.54) is 29.7 Å². The predicted octanol–water partition coefficient (Wildman–Crippen LogP) is 3.57. The Morgan fingerprint density at radius 1 is 1.19 bits per heavy atom. The molecule has 2 atom stereocenters. The molecule has 2 nitrogen and oxygen atoms in total. The lowest BCUT2D eigenvalue weighted by Crippen LogP contribution is -2.33. The number of aromatic nitrogens is 1. The van der Waals surface area contributed by atoms with Crippen LogP contribution in [0.4, 0.5) is 0 Å². The number of hydrogen-bond donors (Lipinski definition) is 0. The molecule has 0 radical (unpaired) electrons. The average molecular weight is 276 g/mol. The van der Waals surface area contributed by atoms with Gasteiger partial charge in [0.2, 0.25) is 0 Å². The van der Waals surface area contributed by atoms with Crippen molar-refractivity contribution in [1.29, 1.82) is 0 Å². The second-order valence-corrected chi connectivity index (χ2v) is 6.35. The number of benzene rings is 1. The molecule has 1 fully saturated rings. The molecule has 2 bridgehead atoms. The molecule has 3 heterocycles. The Bertz CT molecular complexity index is 687. The lowest BCUT2D eigenvalue weighted by molar-refractivity contribution is 0.345. The van der Waals surface area contributed by atoms with E-state index >= 15 is 0 Å². The summed E-state index contributed by atoms with van der Waals surface area (Å²) in [6.07, 6.45) is 8.01. The molecule has 0 N–H and O–H groups in total. The van der Waals surface area contributed by atoms with Crippen LogP contribution in [0.15, 0.2) is 54.7 Å².